The number of hydrogen-bond acceptors (Lipinski definition) is 5. The number of likely N-dealkylation sites (tertiary alicyclic amines) is 1. The molecule has 1 atom stereocenters. The molecule has 2 aliphatic heterocycles. The lowest BCUT2D eigenvalue weighted by Crippen LogP contribution is -2.55. The van der Waals surface area contributed by atoms with Gasteiger partial charge in [-0.25, -0.2) is 9.69 Å². The molecule has 0 saturated carbocycles. The van der Waals surface area contributed by atoms with Gasteiger partial charge in [0.2, 0.25) is 5.91 Å². The van der Waals surface area contributed by atoms with E-state index in [4.69, 9.17) is 5.73 Å². The number of carbonyl (C=O) groups is 4. The largest absolute Gasteiger partial charge is 0.340 e. The first-order chi connectivity index (χ1) is 10.7. The molecular formula is C15H23ClN4O4. The van der Waals surface area contributed by atoms with Crippen LogP contribution in [-0.4, -0.2) is 70.7 Å². The number of carbonyl (C=O) groups excluding carboxylic acids is 4. The van der Waals surface area contributed by atoms with Crippen LogP contribution < -0.4 is 5.73 Å². The fourth-order valence-corrected chi connectivity index (χ4v) is 2.80. The monoisotopic (exact) mass is 358 g/mol. The molecule has 2 heterocycles. The summed E-state index contributed by atoms with van der Waals surface area (Å²) in [6.45, 7) is 7.82. The molecule has 2 fully saturated rings. The number of rotatable bonds is 4. The summed E-state index contributed by atoms with van der Waals surface area (Å²) in [5.74, 6) is -2.26. The van der Waals surface area contributed by atoms with E-state index in [0.717, 1.165) is 4.90 Å². The van der Waals surface area contributed by atoms with E-state index in [2.05, 4.69) is 6.58 Å². The van der Waals surface area contributed by atoms with Gasteiger partial charge in [0.05, 0.1) is 0 Å². The van der Waals surface area contributed by atoms with Crippen LogP contribution in [0.3, 0.4) is 0 Å². The van der Waals surface area contributed by atoms with Crippen LogP contribution >= 0.6 is 12.4 Å². The van der Waals surface area contributed by atoms with E-state index in [0.29, 0.717) is 24.4 Å². The molecule has 0 aromatic carbocycles. The summed E-state index contributed by atoms with van der Waals surface area (Å²) in [6, 6.07) is -0.785. The van der Waals surface area contributed by atoms with Crippen molar-refractivity contribution in [3.8, 4) is 0 Å². The summed E-state index contributed by atoms with van der Waals surface area (Å²) >= 11 is 0. The Balaban J connectivity index is 0.00000288. The van der Waals surface area contributed by atoms with Gasteiger partial charge in [-0.15, -0.1) is 19.0 Å². The van der Waals surface area contributed by atoms with Gasteiger partial charge < -0.3 is 10.6 Å². The van der Waals surface area contributed by atoms with E-state index < -0.39 is 24.4 Å². The SMILES string of the molecule is C=CCN1C(=O)C(=O)N(CC(=O)N2CCC(N)C(C)(C)C2)C1=O.Cl. The maximum atomic E-state index is 12.4. The molecule has 2 N–H and O–H groups in total. The van der Waals surface area contributed by atoms with Crippen LogP contribution in [0.5, 0.6) is 0 Å². The van der Waals surface area contributed by atoms with E-state index in [1.54, 1.807) is 4.90 Å². The van der Waals surface area contributed by atoms with Crippen molar-refractivity contribution >= 4 is 36.2 Å². The van der Waals surface area contributed by atoms with Crippen LogP contribution in [0.1, 0.15) is 20.3 Å². The van der Waals surface area contributed by atoms with Crippen molar-refractivity contribution in [1.82, 2.24) is 14.7 Å². The van der Waals surface area contributed by atoms with Crippen molar-refractivity contribution in [3.05, 3.63) is 12.7 Å². The number of imide groups is 2. The maximum Gasteiger partial charge on any atom is 0.335 e. The van der Waals surface area contributed by atoms with Gasteiger partial charge in [0, 0.05) is 25.7 Å². The average molecular weight is 359 g/mol. The quantitative estimate of drug-likeness (QED) is 0.432. The Labute approximate surface area is 147 Å². The lowest BCUT2D eigenvalue weighted by molar-refractivity contribution is -0.145. The lowest BCUT2D eigenvalue weighted by Gasteiger charge is -2.42. The highest BCUT2D eigenvalue weighted by atomic mass is 35.5. The summed E-state index contributed by atoms with van der Waals surface area (Å²) in [7, 11) is 0. The van der Waals surface area contributed by atoms with Gasteiger partial charge in [-0.2, -0.15) is 0 Å². The van der Waals surface area contributed by atoms with Crippen LogP contribution in [0.15, 0.2) is 12.7 Å². The first kappa shape index (κ1) is 20.1. The van der Waals surface area contributed by atoms with Crippen molar-refractivity contribution in [2.24, 2.45) is 11.1 Å². The standard InChI is InChI=1S/C15H22N4O4.ClH/c1-4-6-18-12(21)13(22)19(14(18)23)8-11(20)17-7-5-10(16)15(2,3)9-17;/h4,10H,1,5-9,16H2,2-3H3;1H. The number of hydrogen-bond donors (Lipinski definition) is 1. The van der Waals surface area contributed by atoms with E-state index in [1.165, 1.54) is 6.08 Å². The van der Waals surface area contributed by atoms with Crippen molar-refractivity contribution in [3.63, 3.8) is 0 Å². The normalized spacial score (nSPS) is 23.4. The van der Waals surface area contributed by atoms with Gasteiger partial charge in [0.1, 0.15) is 6.54 Å². The van der Waals surface area contributed by atoms with Gasteiger partial charge >= 0.3 is 17.8 Å². The molecule has 134 valence electrons. The van der Waals surface area contributed by atoms with Crippen LogP contribution in [0, 0.1) is 5.41 Å². The lowest BCUT2D eigenvalue weighted by atomic mass is 9.79. The second-order valence-electron chi connectivity index (χ2n) is 6.58. The predicted molar refractivity (Wildman–Crippen MR) is 89.2 cm³/mol. The zero-order chi connectivity index (χ0) is 17.4. The number of nitrogens with zero attached hydrogens (tertiary/aromatic N) is 3. The average Bonchev–Trinajstić information content (AvgIpc) is 2.68. The van der Waals surface area contributed by atoms with Crippen LogP contribution in [0.2, 0.25) is 0 Å². The van der Waals surface area contributed by atoms with Gasteiger partial charge in [-0.05, 0) is 11.8 Å². The topological polar surface area (TPSA) is 104 Å². The first-order valence-corrected chi connectivity index (χ1v) is 7.50. The van der Waals surface area contributed by atoms with Crippen LogP contribution in [0.25, 0.3) is 0 Å². The molecular weight excluding hydrogens is 336 g/mol. The Hall–Kier alpha value is -1.93. The molecule has 2 aliphatic rings. The zero-order valence-corrected chi connectivity index (χ0v) is 14.7. The van der Waals surface area contributed by atoms with E-state index >= 15 is 0 Å². The van der Waals surface area contributed by atoms with Crippen molar-refractivity contribution in [1.29, 1.82) is 0 Å². The molecule has 9 heteroatoms. The molecule has 0 aliphatic carbocycles. The highest BCUT2D eigenvalue weighted by molar-refractivity contribution is 6.45. The molecule has 0 spiro atoms. The van der Waals surface area contributed by atoms with Gasteiger partial charge in [0.15, 0.2) is 0 Å². The van der Waals surface area contributed by atoms with E-state index in [9.17, 15) is 19.2 Å². The highest BCUT2D eigenvalue weighted by Gasteiger charge is 2.45. The summed E-state index contributed by atoms with van der Waals surface area (Å²) < 4.78 is 0. The Kier molecular flexibility index (Phi) is 6.13. The molecule has 0 aromatic heterocycles. The molecule has 0 aromatic rings. The third kappa shape index (κ3) is 3.59. The first-order valence-electron chi connectivity index (χ1n) is 7.50. The fraction of sp³-hybridized carbons (Fsp3) is 0.600. The van der Waals surface area contributed by atoms with Crippen molar-refractivity contribution in [2.45, 2.75) is 26.3 Å². The third-order valence-corrected chi connectivity index (χ3v) is 4.40. The predicted octanol–water partition coefficient (Wildman–Crippen LogP) is -0.0292. The smallest absolute Gasteiger partial charge is 0.335 e. The summed E-state index contributed by atoms with van der Waals surface area (Å²) in [5.41, 5.74) is 5.80. The number of nitrogens with two attached hydrogens (primary N) is 1. The molecule has 5 amide bonds. The van der Waals surface area contributed by atoms with E-state index in [-0.39, 0.29) is 36.3 Å². The Bertz CT molecular complexity index is 578. The number of amides is 5. The maximum absolute atomic E-state index is 12.4. The molecule has 1 unspecified atom stereocenters. The molecule has 2 rings (SSSR count). The summed E-state index contributed by atoms with van der Waals surface area (Å²) in [6.07, 6.45) is 2.01. The zero-order valence-electron chi connectivity index (χ0n) is 13.9. The Morgan fingerprint density at radius 1 is 1.29 bits per heavy atom. The minimum Gasteiger partial charge on any atom is -0.340 e. The minimum atomic E-state index is -0.974. The van der Waals surface area contributed by atoms with Crippen molar-refractivity contribution in [2.75, 3.05) is 26.2 Å². The molecule has 24 heavy (non-hydrogen) atoms. The Morgan fingerprint density at radius 2 is 1.88 bits per heavy atom. The number of halogens is 1. The Morgan fingerprint density at radius 3 is 2.42 bits per heavy atom. The molecule has 0 bridgehead atoms. The van der Waals surface area contributed by atoms with Crippen LogP contribution in [-0.2, 0) is 14.4 Å². The highest BCUT2D eigenvalue weighted by Crippen LogP contribution is 2.27. The summed E-state index contributed by atoms with van der Waals surface area (Å²) in [4.78, 5) is 51.2. The van der Waals surface area contributed by atoms with Crippen molar-refractivity contribution < 1.29 is 19.2 Å². The van der Waals surface area contributed by atoms with Crippen LogP contribution in [0.4, 0.5) is 4.79 Å². The summed E-state index contributed by atoms with van der Waals surface area (Å²) in [5, 5.41) is 0. The second kappa shape index (κ2) is 7.31. The van der Waals surface area contributed by atoms with Gasteiger partial charge in [0.25, 0.3) is 0 Å². The molecule has 2 saturated heterocycles. The number of piperidine rings is 1. The van der Waals surface area contributed by atoms with E-state index in [1.807, 2.05) is 13.8 Å². The minimum absolute atomic E-state index is 0. The third-order valence-electron chi connectivity index (χ3n) is 4.40. The fourth-order valence-electron chi connectivity index (χ4n) is 2.80. The number of urea groups is 1. The van der Waals surface area contributed by atoms with Gasteiger partial charge in [-0.3, -0.25) is 19.3 Å². The molecule has 0 radical (unpaired) electrons. The molecule has 8 nitrogen and oxygen atoms in total. The van der Waals surface area contributed by atoms with Gasteiger partial charge in [-0.1, -0.05) is 19.9 Å². The second-order valence-corrected chi connectivity index (χ2v) is 6.58.